The van der Waals surface area contributed by atoms with E-state index in [0.717, 1.165) is 34.8 Å². The molecule has 0 fully saturated rings. The number of benzene rings is 2. The normalized spacial score (nSPS) is 14.1. The van der Waals surface area contributed by atoms with Gasteiger partial charge in [0.15, 0.2) is 0 Å². The maximum Gasteiger partial charge on any atom is 0.240 e. The Hall–Kier alpha value is -4.00. The minimum absolute atomic E-state index is 0.0787. The molecule has 9 nitrogen and oxygen atoms in total. The number of hydrogen-bond acceptors (Lipinski definition) is 7. The standard InChI is InChI=1S/C25H26N6O3/c26-13-18-6-2-4-8-23(18)34-16-19(32)14-27-12-11-17-5-1-3-7-20(17)25-28-15-22(29-25)21-9-10-24(33)31-30-21/h1-8,15,19,27,32H,9-12,14,16H2,(H,28,29)(H,31,33). The zero-order chi connectivity index (χ0) is 23.8. The number of ether oxygens (including phenoxy) is 1. The molecule has 1 atom stereocenters. The summed E-state index contributed by atoms with van der Waals surface area (Å²) in [6, 6.07) is 17.1. The topological polar surface area (TPSA) is 135 Å². The monoisotopic (exact) mass is 458 g/mol. The molecule has 0 spiro atoms. The van der Waals surface area contributed by atoms with Gasteiger partial charge in [-0.05, 0) is 30.7 Å². The van der Waals surface area contributed by atoms with Crippen molar-refractivity contribution in [1.82, 2.24) is 20.7 Å². The second kappa shape index (κ2) is 11.2. The number of hydrogen-bond donors (Lipinski definition) is 4. The molecular formula is C25H26N6O3. The average molecular weight is 459 g/mol. The van der Waals surface area contributed by atoms with E-state index in [1.807, 2.05) is 18.2 Å². The van der Waals surface area contributed by atoms with Crippen molar-refractivity contribution in [3.05, 3.63) is 71.5 Å². The number of aliphatic hydroxyl groups is 1. The molecule has 0 saturated carbocycles. The number of aromatic nitrogens is 2. The highest BCUT2D eigenvalue weighted by Crippen LogP contribution is 2.22. The predicted molar refractivity (Wildman–Crippen MR) is 127 cm³/mol. The number of nitrogens with one attached hydrogen (secondary N) is 3. The number of nitriles is 1. The molecule has 0 saturated heterocycles. The van der Waals surface area contributed by atoms with Gasteiger partial charge in [-0.15, -0.1) is 0 Å². The molecule has 1 aliphatic rings. The van der Waals surface area contributed by atoms with Crippen LogP contribution in [0.2, 0.25) is 0 Å². The lowest BCUT2D eigenvalue weighted by molar-refractivity contribution is -0.121. The van der Waals surface area contributed by atoms with Crippen LogP contribution < -0.4 is 15.5 Å². The summed E-state index contributed by atoms with van der Waals surface area (Å²) in [4.78, 5) is 19.1. The minimum Gasteiger partial charge on any atom is -0.489 e. The van der Waals surface area contributed by atoms with E-state index in [0.29, 0.717) is 37.2 Å². The number of hydrazone groups is 1. The van der Waals surface area contributed by atoms with Crippen molar-refractivity contribution in [1.29, 1.82) is 5.26 Å². The van der Waals surface area contributed by atoms with Crippen molar-refractivity contribution < 1.29 is 14.6 Å². The second-order valence-electron chi connectivity index (χ2n) is 7.92. The van der Waals surface area contributed by atoms with Gasteiger partial charge in [-0.3, -0.25) is 4.79 Å². The summed E-state index contributed by atoms with van der Waals surface area (Å²) in [6.45, 7) is 1.13. The third kappa shape index (κ3) is 5.86. The Morgan fingerprint density at radius 1 is 1.18 bits per heavy atom. The first-order valence-corrected chi connectivity index (χ1v) is 11.1. The summed E-state index contributed by atoms with van der Waals surface area (Å²) in [5, 5.41) is 26.7. The van der Waals surface area contributed by atoms with Gasteiger partial charge in [0, 0.05) is 24.9 Å². The summed E-state index contributed by atoms with van der Waals surface area (Å²) in [6.07, 6.45) is 2.77. The first-order chi connectivity index (χ1) is 16.6. The number of rotatable bonds is 10. The van der Waals surface area contributed by atoms with Gasteiger partial charge in [0.1, 0.15) is 30.4 Å². The van der Waals surface area contributed by atoms with E-state index in [4.69, 9.17) is 10.00 Å². The van der Waals surface area contributed by atoms with Crippen LogP contribution in [0, 0.1) is 11.3 Å². The SMILES string of the molecule is N#Cc1ccccc1OCC(O)CNCCc1ccccc1-c1ncc(C2=NNC(=O)CC2)[nH]1. The van der Waals surface area contributed by atoms with E-state index < -0.39 is 6.10 Å². The number of nitrogens with zero attached hydrogens (tertiary/aromatic N) is 3. The van der Waals surface area contributed by atoms with Crippen molar-refractivity contribution in [2.45, 2.75) is 25.4 Å². The first-order valence-electron chi connectivity index (χ1n) is 11.1. The Bertz CT molecular complexity index is 1210. The van der Waals surface area contributed by atoms with Gasteiger partial charge in [0.2, 0.25) is 5.91 Å². The Labute approximate surface area is 197 Å². The largest absolute Gasteiger partial charge is 0.489 e. The van der Waals surface area contributed by atoms with Crippen LogP contribution in [0.25, 0.3) is 11.4 Å². The number of aromatic amines is 1. The van der Waals surface area contributed by atoms with E-state index in [2.05, 4.69) is 37.9 Å². The van der Waals surface area contributed by atoms with Crippen LogP contribution in [0.3, 0.4) is 0 Å². The summed E-state index contributed by atoms with van der Waals surface area (Å²) in [5.74, 6) is 1.14. The van der Waals surface area contributed by atoms with Gasteiger partial charge in [-0.25, -0.2) is 10.4 Å². The molecule has 1 unspecified atom stereocenters. The fourth-order valence-electron chi connectivity index (χ4n) is 3.66. The smallest absolute Gasteiger partial charge is 0.240 e. The molecule has 4 N–H and O–H groups in total. The van der Waals surface area contributed by atoms with Crippen molar-refractivity contribution in [3.8, 4) is 23.2 Å². The maximum absolute atomic E-state index is 11.3. The fraction of sp³-hybridized carbons (Fsp3) is 0.280. The highest BCUT2D eigenvalue weighted by Gasteiger charge is 2.16. The van der Waals surface area contributed by atoms with Crippen molar-refractivity contribution >= 4 is 11.6 Å². The molecule has 3 aromatic rings. The zero-order valence-corrected chi connectivity index (χ0v) is 18.6. The highest BCUT2D eigenvalue weighted by atomic mass is 16.5. The summed E-state index contributed by atoms with van der Waals surface area (Å²) >= 11 is 0. The van der Waals surface area contributed by atoms with Crippen LogP contribution >= 0.6 is 0 Å². The third-order valence-corrected chi connectivity index (χ3v) is 5.45. The van der Waals surface area contributed by atoms with Gasteiger partial charge in [-0.1, -0.05) is 36.4 Å². The predicted octanol–water partition coefficient (Wildman–Crippen LogP) is 2.13. The molecule has 1 aromatic heterocycles. The average Bonchev–Trinajstić information content (AvgIpc) is 3.36. The molecule has 2 aromatic carbocycles. The number of imidazole rings is 1. The fourth-order valence-corrected chi connectivity index (χ4v) is 3.66. The molecule has 2 heterocycles. The van der Waals surface area contributed by atoms with Crippen LogP contribution in [0.5, 0.6) is 5.75 Å². The van der Waals surface area contributed by atoms with Crippen molar-refractivity contribution in [2.24, 2.45) is 5.10 Å². The third-order valence-electron chi connectivity index (χ3n) is 5.45. The quantitative estimate of drug-likeness (QED) is 0.344. The number of carbonyl (C=O) groups excluding carboxylic acids is 1. The summed E-state index contributed by atoms with van der Waals surface area (Å²) in [7, 11) is 0. The molecule has 0 aliphatic carbocycles. The van der Waals surface area contributed by atoms with E-state index in [9.17, 15) is 9.90 Å². The zero-order valence-electron chi connectivity index (χ0n) is 18.6. The van der Waals surface area contributed by atoms with Gasteiger partial charge in [0.25, 0.3) is 0 Å². The molecule has 174 valence electrons. The van der Waals surface area contributed by atoms with Crippen LogP contribution in [0.1, 0.15) is 29.7 Å². The molecule has 1 amide bonds. The van der Waals surface area contributed by atoms with E-state index >= 15 is 0 Å². The highest BCUT2D eigenvalue weighted by molar-refractivity contribution is 6.03. The van der Waals surface area contributed by atoms with E-state index in [-0.39, 0.29) is 12.5 Å². The lowest BCUT2D eigenvalue weighted by Gasteiger charge is -2.14. The number of aliphatic hydroxyl groups excluding tert-OH is 1. The Morgan fingerprint density at radius 3 is 2.82 bits per heavy atom. The molecule has 1 aliphatic heterocycles. The summed E-state index contributed by atoms with van der Waals surface area (Å²) in [5.41, 5.74) is 6.64. The molecule has 4 rings (SSSR count). The molecular weight excluding hydrogens is 432 g/mol. The number of para-hydroxylation sites is 1. The number of amides is 1. The van der Waals surface area contributed by atoms with Gasteiger partial charge in [-0.2, -0.15) is 10.4 Å². The second-order valence-corrected chi connectivity index (χ2v) is 7.92. The Morgan fingerprint density at radius 2 is 2.00 bits per heavy atom. The van der Waals surface area contributed by atoms with Crippen LogP contribution in [0.4, 0.5) is 0 Å². The summed E-state index contributed by atoms with van der Waals surface area (Å²) < 4.78 is 5.58. The van der Waals surface area contributed by atoms with Crippen LogP contribution in [-0.4, -0.2) is 52.5 Å². The van der Waals surface area contributed by atoms with Crippen molar-refractivity contribution in [3.63, 3.8) is 0 Å². The van der Waals surface area contributed by atoms with Gasteiger partial charge < -0.3 is 20.1 Å². The number of carbonyl (C=O) groups is 1. The minimum atomic E-state index is -0.702. The van der Waals surface area contributed by atoms with Crippen molar-refractivity contribution in [2.75, 3.05) is 19.7 Å². The lowest BCUT2D eigenvalue weighted by atomic mass is 10.0. The van der Waals surface area contributed by atoms with E-state index in [1.54, 1.807) is 30.5 Å². The molecule has 9 heteroatoms. The Kier molecular flexibility index (Phi) is 7.65. The first kappa shape index (κ1) is 23.2. The van der Waals surface area contributed by atoms with Crippen LogP contribution in [0.15, 0.2) is 59.8 Å². The maximum atomic E-state index is 11.3. The van der Waals surface area contributed by atoms with Gasteiger partial charge >= 0.3 is 0 Å². The van der Waals surface area contributed by atoms with Crippen LogP contribution in [-0.2, 0) is 11.2 Å². The molecule has 0 bridgehead atoms. The van der Waals surface area contributed by atoms with Gasteiger partial charge in [0.05, 0.1) is 23.2 Å². The van der Waals surface area contributed by atoms with E-state index in [1.165, 1.54) is 0 Å². The lowest BCUT2D eigenvalue weighted by Crippen LogP contribution is -2.32. The molecule has 34 heavy (non-hydrogen) atoms. The molecule has 0 radical (unpaired) electrons. The number of H-pyrrole nitrogens is 1. The Balaban J connectivity index is 1.29.